The van der Waals surface area contributed by atoms with Gasteiger partial charge in [-0.2, -0.15) is 0 Å². The quantitative estimate of drug-likeness (QED) is 0.774. The third-order valence-electron chi connectivity index (χ3n) is 3.79. The van der Waals surface area contributed by atoms with E-state index in [2.05, 4.69) is 25.7 Å². The van der Waals surface area contributed by atoms with Crippen molar-refractivity contribution < 1.29 is 8.42 Å². The second kappa shape index (κ2) is 6.38. The van der Waals surface area contributed by atoms with Crippen LogP contribution in [-0.2, 0) is 9.84 Å². The standard InChI is InChI=1S/C14H29NO2S/c1-14(2,3)15(11-8-12-18(4,16)17)13-9-6-5-7-10-13/h13H,5-12H2,1-4H3. The number of hydrogen-bond donors (Lipinski definition) is 0. The number of nitrogens with zero attached hydrogens (tertiary/aromatic N) is 1. The van der Waals surface area contributed by atoms with Gasteiger partial charge in [-0.05, 0) is 46.6 Å². The maximum absolute atomic E-state index is 11.2. The van der Waals surface area contributed by atoms with Crippen LogP contribution in [0.5, 0.6) is 0 Å². The molecule has 1 saturated carbocycles. The fraction of sp³-hybridized carbons (Fsp3) is 1.00. The molecule has 0 aromatic heterocycles. The van der Waals surface area contributed by atoms with Crippen molar-refractivity contribution >= 4 is 9.84 Å². The number of hydrogen-bond acceptors (Lipinski definition) is 3. The highest BCUT2D eigenvalue weighted by Gasteiger charge is 2.29. The van der Waals surface area contributed by atoms with Gasteiger partial charge in [-0.25, -0.2) is 8.42 Å². The lowest BCUT2D eigenvalue weighted by molar-refractivity contribution is 0.0607. The lowest BCUT2D eigenvalue weighted by Crippen LogP contribution is -2.49. The second-order valence-corrected chi connectivity index (χ2v) is 8.90. The van der Waals surface area contributed by atoms with Gasteiger partial charge < -0.3 is 0 Å². The molecule has 0 atom stereocenters. The smallest absolute Gasteiger partial charge is 0.147 e. The van der Waals surface area contributed by atoms with Gasteiger partial charge in [-0.3, -0.25) is 4.90 Å². The van der Waals surface area contributed by atoms with Gasteiger partial charge in [0.1, 0.15) is 9.84 Å². The molecule has 0 bridgehead atoms. The fourth-order valence-electron chi connectivity index (χ4n) is 2.96. The van der Waals surface area contributed by atoms with Crippen molar-refractivity contribution in [1.82, 2.24) is 4.90 Å². The van der Waals surface area contributed by atoms with E-state index in [0.29, 0.717) is 11.8 Å². The topological polar surface area (TPSA) is 37.4 Å². The third-order valence-corrected chi connectivity index (χ3v) is 4.82. The normalized spacial score (nSPS) is 19.4. The van der Waals surface area contributed by atoms with Crippen LogP contribution in [-0.4, -0.2) is 43.5 Å². The van der Waals surface area contributed by atoms with E-state index in [1.165, 1.54) is 38.4 Å². The molecule has 4 heteroatoms. The molecule has 0 N–H and O–H groups in total. The van der Waals surface area contributed by atoms with E-state index in [0.717, 1.165) is 13.0 Å². The fourth-order valence-corrected chi connectivity index (χ4v) is 3.61. The average molecular weight is 275 g/mol. The molecule has 3 nitrogen and oxygen atoms in total. The largest absolute Gasteiger partial charge is 0.296 e. The zero-order valence-electron chi connectivity index (χ0n) is 12.4. The molecule has 0 heterocycles. The molecule has 0 aromatic carbocycles. The van der Waals surface area contributed by atoms with Gasteiger partial charge in [0.05, 0.1) is 5.75 Å². The van der Waals surface area contributed by atoms with Crippen molar-refractivity contribution in [3.05, 3.63) is 0 Å². The molecular weight excluding hydrogens is 246 g/mol. The van der Waals surface area contributed by atoms with Crippen LogP contribution in [0.3, 0.4) is 0 Å². The first kappa shape index (κ1) is 16.0. The molecule has 18 heavy (non-hydrogen) atoms. The van der Waals surface area contributed by atoms with Crippen LogP contribution in [0.15, 0.2) is 0 Å². The lowest BCUT2D eigenvalue weighted by Gasteiger charge is -2.43. The molecule has 108 valence electrons. The Hall–Kier alpha value is -0.0900. The Morgan fingerprint density at radius 3 is 2.11 bits per heavy atom. The number of rotatable bonds is 5. The Balaban J connectivity index is 2.56. The summed E-state index contributed by atoms with van der Waals surface area (Å²) in [6.07, 6.45) is 8.64. The minimum atomic E-state index is -2.82. The van der Waals surface area contributed by atoms with Crippen LogP contribution in [0.25, 0.3) is 0 Å². The Morgan fingerprint density at radius 1 is 1.11 bits per heavy atom. The molecule has 0 radical (unpaired) electrons. The van der Waals surface area contributed by atoms with Crippen molar-refractivity contribution in [1.29, 1.82) is 0 Å². The van der Waals surface area contributed by atoms with E-state index in [4.69, 9.17) is 0 Å². The molecule has 0 aliphatic heterocycles. The summed E-state index contributed by atoms with van der Waals surface area (Å²) in [6.45, 7) is 7.62. The van der Waals surface area contributed by atoms with Crippen LogP contribution in [0.1, 0.15) is 59.3 Å². The van der Waals surface area contributed by atoms with Crippen LogP contribution >= 0.6 is 0 Å². The van der Waals surface area contributed by atoms with Crippen LogP contribution in [0, 0.1) is 0 Å². The highest BCUT2D eigenvalue weighted by Crippen LogP contribution is 2.28. The molecule has 0 unspecified atom stereocenters. The van der Waals surface area contributed by atoms with Crippen molar-refractivity contribution in [2.45, 2.75) is 70.9 Å². The summed E-state index contributed by atoms with van der Waals surface area (Å²) in [5.74, 6) is 0.312. The molecule has 1 aliphatic rings. The Kier molecular flexibility index (Phi) is 5.66. The zero-order valence-corrected chi connectivity index (χ0v) is 13.2. The molecule has 1 rings (SSSR count). The van der Waals surface area contributed by atoms with Crippen LogP contribution < -0.4 is 0 Å². The summed E-state index contributed by atoms with van der Waals surface area (Å²) >= 11 is 0. The Bertz CT molecular complexity index is 337. The molecule has 0 spiro atoms. The van der Waals surface area contributed by atoms with E-state index in [1.54, 1.807) is 0 Å². The Morgan fingerprint density at radius 2 is 1.67 bits per heavy atom. The first-order valence-corrected chi connectivity index (χ1v) is 9.21. The zero-order chi connectivity index (χ0) is 13.8. The molecule has 0 amide bonds. The second-order valence-electron chi connectivity index (χ2n) is 6.64. The minimum Gasteiger partial charge on any atom is -0.296 e. The molecule has 0 aromatic rings. The van der Waals surface area contributed by atoms with E-state index in [1.807, 2.05) is 0 Å². The monoisotopic (exact) mass is 275 g/mol. The minimum absolute atomic E-state index is 0.138. The van der Waals surface area contributed by atoms with Gasteiger partial charge in [0.15, 0.2) is 0 Å². The van der Waals surface area contributed by atoms with Crippen molar-refractivity contribution in [2.24, 2.45) is 0 Å². The molecular formula is C14H29NO2S. The van der Waals surface area contributed by atoms with Gasteiger partial charge in [-0.15, -0.1) is 0 Å². The van der Waals surface area contributed by atoms with Gasteiger partial charge in [0.2, 0.25) is 0 Å². The van der Waals surface area contributed by atoms with Gasteiger partial charge in [0.25, 0.3) is 0 Å². The first-order valence-electron chi connectivity index (χ1n) is 7.14. The van der Waals surface area contributed by atoms with Crippen molar-refractivity contribution in [3.63, 3.8) is 0 Å². The van der Waals surface area contributed by atoms with Crippen LogP contribution in [0.4, 0.5) is 0 Å². The maximum Gasteiger partial charge on any atom is 0.147 e. The predicted molar refractivity (Wildman–Crippen MR) is 77.7 cm³/mol. The van der Waals surface area contributed by atoms with E-state index < -0.39 is 9.84 Å². The molecule has 1 fully saturated rings. The van der Waals surface area contributed by atoms with E-state index in [9.17, 15) is 8.42 Å². The lowest BCUT2D eigenvalue weighted by atomic mass is 9.90. The molecule has 0 saturated heterocycles. The highest BCUT2D eigenvalue weighted by molar-refractivity contribution is 7.90. The Labute approximate surface area is 113 Å². The van der Waals surface area contributed by atoms with E-state index >= 15 is 0 Å². The SMILES string of the molecule is CC(C)(C)N(CCCS(C)(=O)=O)C1CCCCC1. The summed E-state index contributed by atoms with van der Waals surface area (Å²) in [7, 11) is -2.82. The predicted octanol–water partition coefficient (Wildman–Crippen LogP) is 2.85. The van der Waals surface area contributed by atoms with Gasteiger partial charge in [-0.1, -0.05) is 19.3 Å². The first-order chi connectivity index (χ1) is 8.20. The van der Waals surface area contributed by atoms with E-state index in [-0.39, 0.29) is 5.54 Å². The van der Waals surface area contributed by atoms with Gasteiger partial charge in [0, 0.05) is 17.8 Å². The average Bonchev–Trinajstić information content (AvgIpc) is 2.22. The van der Waals surface area contributed by atoms with Crippen molar-refractivity contribution in [3.8, 4) is 0 Å². The summed E-state index contributed by atoms with van der Waals surface area (Å²) in [4.78, 5) is 2.53. The molecule has 1 aliphatic carbocycles. The summed E-state index contributed by atoms with van der Waals surface area (Å²) in [5, 5.41) is 0. The highest BCUT2D eigenvalue weighted by atomic mass is 32.2. The third kappa shape index (κ3) is 5.70. The number of sulfone groups is 1. The summed E-state index contributed by atoms with van der Waals surface area (Å²) < 4.78 is 22.4. The van der Waals surface area contributed by atoms with Crippen molar-refractivity contribution in [2.75, 3.05) is 18.6 Å². The maximum atomic E-state index is 11.2. The van der Waals surface area contributed by atoms with Crippen LogP contribution in [0.2, 0.25) is 0 Å². The van der Waals surface area contributed by atoms with Gasteiger partial charge >= 0.3 is 0 Å². The summed E-state index contributed by atoms with van der Waals surface area (Å²) in [6, 6.07) is 0.651. The summed E-state index contributed by atoms with van der Waals surface area (Å²) in [5.41, 5.74) is 0.138.